The van der Waals surface area contributed by atoms with Crippen LogP contribution in [-0.4, -0.2) is 12.5 Å². The van der Waals surface area contributed by atoms with Gasteiger partial charge < -0.3 is 10.1 Å². The zero-order chi connectivity index (χ0) is 14.8. The van der Waals surface area contributed by atoms with Crippen LogP contribution in [0.2, 0.25) is 0 Å². The summed E-state index contributed by atoms with van der Waals surface area (Å²) >= 11 is 1.62. The summed E-state index contributed by atoms with van der Waals surface area (Å²) in [5.74, 6) is 0.689. The molecule has 0 aliphatic heterocycles. The number of amides is 1. The second kappa shape index (κ2) is 5.90. The molecule has 0 bridgehead atoms. The van der Waals surface area contributed by atoms with Crippen molar-refractivity contribution in [2.24, 2.45) is 0 Å². The van der Waals surface area contributed by atoms with E-state index in [9.17, 15) is 4.79 Å². The van der Waals surface area contributed by atoms with Crippen LogP contribution in [0.3, 0.4) is 0 Å². The summed E-state index contributed by atoms with van der Waals surface area (Å²) in [5, 5.41) is 2.97. The largest absolute Gasteiger partial charge is 0.492 e. The summed E-state index contributed by atoms with van der Waals surface area (Å²) < 4.78 is 5.60. The fraction of sp³-hybridized carbons (Fsp3) is 0.353. The van der Waals surface area contributed by atoms with Gasteiger partial charge in [-0.15, -0.1) is 11.3 Å². The molecule has 0 fully saturated rings. The molecule has 4 heteroatoms. The fourth-order valence-corrected chi connectivity index (χ4v) is 3.78. The van der Waals surface area contributed by atoms with Crippen LogP contribution in [0.5, 0.6) is 5.75 Å². The molecule has 0 saturated carbocycles. The number of anilines is 1. The quantitative estimate of drug-likeness (QED) is 0.919. The predicted octanol–water partition coefficient (Wildman–Crippen LogP) is 4.20. The molecule has 1 aromatic heterocycles. The third-order valence-electron chi connectivity index (χ3n) is 3.66. The standard InChI is InChI=1S/C17H19NO2S/c1-3-20-14-9-11(2)7-8-13(14)18-17(19)16-10-12-5-4-6-15(12)21-16/h7-10H,3-6H2,1-2H3,(H,18,19). The average Bonchev–Trinajstić information content (AvgIpc) is 3.03. The molecule has 0 unspecified atom stereocenters. The van der Waals surface area contributed by atoms with E-state index in [2.05, 4.69) is 5.32 Å². The SMILES string of the molecule is CCOc1cc(C)ccc1NC(=O)c1cc2c(s1)CCC2. The number of carbonyl (C=O) groups is 1. The van der Waals surface area contributed by atoms with Crippen LogP contribution >= 0.6 is 11.3 Å². The molecule has 2 aromatic rings. The van der Waals surface area contributed by atoms with Crippen LogP contribution in [0.4, 0.5) is 5.69 Å². The van der Waals surface area contributed by atoms with Crippen LogP contribution < -0.4 is 10.1 Å². The van der Waals surface area contributed by atoms with Crippen LogP contribution in [0.1, 0.15) is 39.0 Å². The van der Waals surface area contributed by atoms with E-state index in [-0.39, 0.29) is 5.91 Å². The van der Waals surface area contributed by atoms with Crippen molar-refractivity contribution in [1.29, 1.82) is 0 Å². The van der Waals surface area contributed by atoms with Gasteiger partial charge in [0, 0.05) is 4.88 Å². The van der Waals surface area contributed by atoms with Crippen molar-refractivity contribution < 1.29 is 9.53 Å². The van der Waals surface area contributed by atoms with Gasteiger partial charge in [0.25, 0.3) is 5.91 Å². The van der Waals surface area contributed by atoms with Gasteiger partial charge in [-0.3, -0.25) is 4.79 Å². The Kier molecular flexibility index (Phi) is 3.97. The second-order valence-corrected chi connectivity index (χ2v) is 6.44. The van der Waals surface area contributed by atoms with Gasteiger partial charge in [0.1, 0.15) is 5.75 Å². The first-order chi connectivity index (χ1) is 10.2. The molecule has 1 aliphatic carbocycles. The smallest absolute Gasteiger partial charge is 0.265 e. The van der Waals surface area contributed by atoms with E-state index in [0.29, 0.717) is 6.61 Å². The Morgan fingerprint density at radius 2 is 2.19 bits per heavy atom. The van der Waals surface area contributed by atoms with E-state index in [1.165, 1.54) is 16.9 Å². The lowest BCUT2D eigenvalue weighted by atomic mass is 10.2. The first kappa shape index (κ1) is 14.1. The molecular formula is C17H19NO2S. The number of hydrogen-bond donors (Lipinski definition) is 1. The summed E-state index contributed by atoms with van der Waals surface area (Å²) in [6.07, 6.45) is 3.44. The number of fused-ring (bicyclic) bond motifs is 1. The van der Waals surface area contributed by atoms with Gasteiger partial charge in [-0.25, -0.2) is 0 Å². The van der Waals surface area contributed by atoms with Gasteiger partial charge in [0.15, 0.2) is 0 Å². The molecule has 1 heterocycles. The van der Waals surface area contributed by atoms with E-state index < -0.39 is 0 Å². The molecule has 3 nitrogen and oxygen atoms in total. The molecule has 1 amide bonds. The summed E-state index contributed by atoms with van der Waals surface area (Å²) in [6.45, 7) is 4.54. The van der Waals surface area contributed by atoms with Crippen molar-refractivity contribution in [3.63, 3.8) is 0 Å². The lowest BCUT2D eigenvalue weighted by Gasteiger charge is -2.11. The Hall–Kier alpha value is -1.81. The number of carbonyl (C=O) groups excluding carboxylic acids is 1. The summed E-state index contributed by atoms with van der Waals surface area (Å²) in [4.78, 5) is 14.6. The van der Waals surface area contributed by atoms with E-state index in [1.54, 1.807) is 11.3 Å². The predicted molar refractivity (Wildman–Crippen MR) is 86.6 cm³/mol. The van der Waals surface area contributed by atoms with E-state index >= 15 is 0 Å². The van der Waals surface area contributed by atoms with E-state index in [0.717, 1.165) is 34.7 Å². The van der Waals surface area contributed by atoms with E-state index in [1.807, 2.05) is 38.1 Å². The van der Waals surface area contributed by atoms with Crippen molar-refractivity contribution >= 4 is 22.9 Å². The number of nitrogens with one attached hydrogen (secondary N) is 1. The number of thiophene rings is 1. The highest BCUT2D eigenvalue weighted by atomic mass is 32.1. The topological polar surface area (TPSA) is 38.3 Å². The molecule has 1 aliphatic rings. The highest BCUT2D eigenvalue weighted by Gasteiger charge is 2.19. The lowest BCUT2D eigenvalue weighted by molar-refractivity contribution is 0.103. The Labute approximate surface area is 129 Å². The fourth-order valence-electron chi connectivity index (χ4n) is 2.63. The molecule has 3 rings (SSSR count). The van der Waals surface area contributed by atoms with Crippen molar-refractivity contribution in [2.45, 2.75) is 33.1 Å². The number of rotatable bonds is 4. The van der Waals surface area contributed by atoms with Gasteiger partial charge >= 0.3 is 0 Å². The van der Waals surface area contributed by atoms with Crippen LogP contribution in [0.15, 0.2) is 24.3 Å². The van der Waals surface area contributed by atoms with Gasteiger partial charge in [-0.2, -0.15) is 0 Å². The second-order valence-electron chi connectivity index (χ2n) is 5.30. The molecule has 0 atom stereocenters. The molecule has 1 aromatic carbocycles. The minimum atomic E-state index is -0.0424. The first-order valence-electron chi connectivity index (χ1n) is 7.33. The average molecular weight is 301 g/mol. The van der Waals surface area contributed by atoms with Crippen LogP contribution in [0.25, 0.3) is 0 Å². The van der Waals surface area contributed by atoms with Crippen LogP contribution in [0, 0.1) is 6.92 Å². The molecule has 0 spiro atoms. The summed E-state index contributed by atoms with van der Waals surface area (Å²) in [6, 6.07) is 7.87. The van der Waals surface area contributed by atoms with E-state index in [4.69, 9.17) is 4.74 Å². The minimum absolute atomic E-state index is 0.0424. The number of aryl methyl sites for hydroxylation is 3. The van der Waals surface area contributed by atoms with Gasteiger partial charge in [0.2, 0.25) is 0 Å². The Balaban J connectivity index is 1.80. The number of hydrogen-bond acceptors (Lipinski definition) is 3. The Bertz CT molecular complexity index is 654. The van der Waals surface area contributed by atoms with Crippen molar-refractivity contribution in [2.75, 3.05) is 11.9 Å². The van der Waals surface area contributed by atoms with Crippen molar-refractivity contribution in [3.05, 3.63) is 45.1 Å². The van der Waals surface area contributed by atoms with Gasteiger partial charge in [-0.05, 0) is 62.4 Å². The maximum Gasteiger partial charge on any atom is 0.265 e. The van der Waals surface area contributed by atoms with Crippen molar-refractivity contribution in [3.8, 4) is 5.75 Å². The highest BCUT2D eigenvalue weighted by Crippen LogP contribution is 2.32. The lowest BCUT2D eigenvalue weighted by Crippen LogP contribution is -2.11. The third kappa shape index (κ3) is 2.95. The summed E-state index contributed by atoms with van der Waals surface area (Å²) in [7, 11) is 0. The summed E-state index contributed by atoms with van der Waals surface area (Å²) in [5.41, 5.74) is 3.20. The molecule has 1 N–H and O–H groups in total. The Morgan fingerprint density at radius 3 is 2.95 bits per heavy atom. The van der Waals surface area contributed by atoms with Gasteiger partial charge in [-0.1, -0.05) is 6.07 Å². The zero-order valence-corrected chi connectivity index (χ0v) is 13.2. The first-order valence-corrected chi connectivity index (χ1v) is 8.15. The van der Waals surface area contributed by atoms with Gasteiger partial charge in [0.05, 0.1) is 17.2 Å². The highest BCUT2D eigenvalue weighted by molar-refractivity contribution is 7.14. The van der Waals surface area contributed by atoms with Crippen molar-refractivity contribution in [1.82, 2.24) is 0 Å². The van der Waals surface area contributed by atoms with Crippen LogP contribution in [-0.2, 0) is 12.8 Å². The molecule has 21 heavy (non-hydrogen) atoms. The molecule has 0 saturated heterocycles. The normalized spacial score (nSPS) is 13.0. The zero-order valence-electron chi connectivity index (χ0n) is 12.4. The maximum atomic E-state index is 12.4. The minimum Gasteiger partial charge on any atom is -0.492 e. The molecule has 110 valence electrons. The Morgan fingerprint density at radius 1 is 1.33 bits per heavy atom. The monoisotopic (exact) mass is 301 g/mol. The molecule has 0 radical (unpaired) electrons. The number of benzene rings is 1. The third-order valence-corrected chi connectivity index (χ3v) is 4.89. The maximum absolute atomic E-state index is 12.4. The molecular weight excluding hydrogens is 282 g/mol. The number of ether oxygens (including phenoxy) is 1.